The maximum Gasteiger partial charge on any atom is 0.264 e. The van der Waals surface area contributed by atoms with E-state index in [-0.39, 0.29) is 11.7 Å². The van der Waals surface area contributed by atoms with Gasteiger partial charge in [0.05, 0.1) is 11.0 Å². The zero-order valence-electron chi connectivity index (χ0n) is 15.1. The van der Waals surface area contributed by atoms with Crippen molar-refractivity contribution in [3.05, 3.63) is 101 Å². The lowest BCUT2D eigenvalue weighted by Crippen LogP contribution is -2.13. The van der Waals surface area contributed by atoms with Gasteiger partial charge >= 0.3 is 0 Å². The summed E-state index contributed by atoms with van der Waals surface area (Å²) in [5.74, 6) is -0.0735. The summed E-state index contributed by atoms with van der Waals surface area (Å²) in [6, 6.07) is 24.5. The number of carbonyl (C=O) groups excluding carboxylic acids is 1. The highest BCUT2D eigenvalue weighted by atomic mass is 35.5. The van der Waals surface area contributed by atoms with Gasteiger partial charge in [-0.2, -0.15) is 0 Å². The van der Waals surface area contributed by atoms with Crippen LogP contribution in [0.2, 0.25) is 5.02 Å². The van der Waals surface area contributed by atoms with Gasteiger partial charge in [-0.25, -0.2) is 9.37 Å². The zero-order valence-corrected chi connectivity index (χ0v) is 15.9. The van der Waals surface area contributed by atoms with Crippen LogP contribution in [0.5, 0.6) is 0 Å². The second-order valence-corrected chi connectivity index (χ2v) is 7.15. The first-order valence-electron chi connectivity index (χ1n) is 9.09. The molecule has 0 unspecified atom stereocenters. The van der Waals surface area contributed by atoms with Gasteiger partial charge in [-0.1, -0.05) is 54.1 Å². The maximum atomic E-state index is 14.4. The molecule has 0 amide bonds. The van der Waals surface area contributed by atoms with Gasteiger partial charge in [0.2, 0.25) is 0 Å². The monoisotopic (exact) mass is 400 g/mol. The molecule has 5 aromatic rings. The Hall–Kier alpha value is -3.50. The highest BCUT2D eigenvalue weighted by Gasteiger charge is 2.21. The van der Waals surface area contributed by atoms with Gasteiger partial charge in [0.15, 0.2) is 0 Å². The first kappa shape index (κ1) is 17.6. The van der Waals surface area contributed by atoms with Crippen LogP contribution in [0.1, 0.15) is 10.4 Å². The minimum absolute atomic E-state index is 0.209. The summed E-state index contributed by atoms with van der Waals surface area (Å²) in [5, 5.41) is 1.70. The van der Waals surface area contributed by atoms with E-state index in [0.717, 1.165) is 0 Å². The molecule has 0 radical (unpaired) electrons. The molecule has 3 nitrogen and oxygen atoms in total. The Bertz CT molecular complexity index is 1390. The summed E-state index contributed by atoms with van der Waals surface area (Å²) < 4.78 is 15.9. The normalized spacial score (nSPS) is 11.2. The van der Waals surface area contributed by atoms with E-state index < -0.39 is 0 Å². The topological polar surface area (TPSA) is 34.9 Å². The smallest absolute Gasteiger partial charge is 0.264 e. The van der Waals surface area contributed by atoms with Crippen LogP contribution in [-0.4, -0.2) is 15.5 Å². The summed E-state index contributed by atoms with van der Waals surface area (Å²) in [5.41, 5.74) is 2.46. The quantitative estimate of drug-likeness (QED) is 0.346. The van der Waals surface area contributed by atoms with Crippen molar-refractivity contribution in [3.63, 3.8) is 0 Å². The van der Waals surface area contributed by atoms with Gasteiger partial charge in [0.1, 0.15) is 11.6 Å². The Balaban J connectivity index is 1.86. The molecule has 29 heavy (non-hydrogen) atoms. The van der Waals surface area contributed by atoms with Gasteiger partial charge in [0.25, 0.3) is 5.91 Å². The Kier molecular flexibility index (Phi) is 4.14. The first-order chi connectivity index (χ1) is 14.1. The van der Waals surface area contributed by atoms with Gasteiger partial charge in [-0.3, -0.25) is 9.36 Å². The minimum Gasteiger partial charge on any atom is -0.268 e. The fourth-order valence-corrected chi connectivity index (χ4v) is 3.77. The molecule has 0 atom stereocenters. The van der Waals surface area contributed by atoms with Gasteiger partial charge in [-0.05, 0) is 47.9 Å². The SMILES string of the molecule is O=C(c1ccccc1)n1c(-c2ccc(F)c3ccccc23)nc2cc(Cl)ccc21. The van der Waals surface area contributed by atoms with Crippen LogP contribution >= 0.6 is 11.6 Å². The summed E-state index contributed by atoms with van der Waals surface area (Å²) in [4.78, 5) is 18.1. The second kappa shape index (κ2) is 6.83. The molecule has 0 saturated heterocycles. The average molecular weight is 401 g/mol. The molecule has 0 aliphatic rings. The number of fused-ring (bicyclic) bond motifs is 2. The third-order valence-electron chi connectivity index (χ3n) is 4.95. The van der Waals surface area contributed by atoms with Gasteiger partial charge < -0.3 is 0 Å². The maximum absolute atomic E-state index is 14.4. The Labute approximate surface area is 171 Å². The van der Waals surface area contributed by atoms with Crippen molar-refractivity contribution < 1.29 is 9.18 Å². The van der Waals surface area contributed by atoms with Crippen molar-refractivity contribution >= 4 is 39.3 Å². The molecule has 0 fully saturated rings. The Morgan fingerprint density at radius 2 is 1.59 bits per heavy atom. The number of nitrogens with zero attached hydrogens (tertiary/aromatic N) is 2. The van der Waals surface area contributed by atoms with E-state index in [4.69, 9.17) is 16.6 Å². The molecule has 5 heteroatoms. The van der Waals surface area contributed by atoms with Crippen LogP contribution in [-0.2, 0) is 0 Å². The van der Waals surface area contributed by atoms with E-state index in [1.54, 1.807) is 53.1 Å². The predicted octanol–water partition coefficient (Wildman–Crippen LogP) is 6.34. The summed E-state index contributed by atoms with van der Waals surface area (Å²) in [6.07, 6.45) is 0. The van der Waals surface area contributed by atoms with Crippen molar-refractivity contribution in [1.29, 1.82) is 0 Å². The highest BCUT2D eigenvalue weighted by molar-refractivity contribution is 6.31. The molecule has 4 aromatic carbocycles. The van der Waals surface area contributed by atoms with Crippen molar-refractivity contribution in [1.82, 2.24) is 9.55 Å². The Morgan fingerprint density at radius 1 is 0.862 bits per heavy atom. The number of hydrogen-bond donors (Lipinski definition) is 0. The highest BCUT2D eigenvalue weighted by Crippen LogP contribution is 2.33. The lowest BCUT2D eigenvalue weighted by atomic mass is 10.0. The number of hydrogen-bond acceptors (Lipinski definition) is 2. The number of benzene rings is 4. The zero-order chi connectivity index (χ0) is 20.0. The molecule has 0 spiro atoms. The standard InChI is InChI=1S/C24H14ClFN2O/c25-16-10-13-22-21(14-16)27-23(28(22)24(29)15-6-2-1-3-7-15)19-11-12-20(26)18-9-5-4-8-17(18)19/h1-14H. The second-order valence-electron chi connectivity index (χ2n) is 6.72. The lowest BCUT2D eigenvalue weighted by molar-refractivity contribution is 0.0966. The summed E-state index contributed by atoms with van der Waals surface area (Å²) in [7, 11) is 0. The lowest BCUT2D eigenvalue weighted by Gasteiger charge is -2.11. The fourth-order valence-electron chi connectivity index (χ4n) is 3.61. The number of imidazole rings is 1. The number of carbonyl (C=O) groups is 1. The van der Waals surface area contributed by atoms with E-state index in [1.807, 2.05) is 30.3 Å². The van der Waals surface area contributed by atoms with Crippen molar-refractivity contribution in [2.24, 2.45) is 0 Å². The molecule has 140 valence electrons. The number of halogens is 2. The molecule has 0 aliphatic heterocycles. The number of aromatic nitrogens is 2. The van der Waals surface area contributed by atoms with Crippen molar-refractivity contribution in [2.45, 2.75) is 0 Å². The van der Waals surface area contributed by atoms with Crippen LogP contribution in [0.25, 0.3) is 33.2 Å². The van der Waals surface area contributed by atoms with E-state index in [0.29, 0.717) is 43.8 Å². The molecular weight excluding hydrogens is 387 g/mol. The third-order valence-corrected chi connectivity index (χ3v) is 5.19. The van der Waals surface area contributed by atoms with E-state index in [1.165, 1.54) is 6.07 Å². The van der Waals surface area contributed by atoms with Crippen LogP contribution in [0, 0.1) is 5.82 Å². The van der Waals surface area contributed by atoms with E-state index in [2.05, 4.69) is 0 Å². The number of rotatable bonds is 2. The van der Waals surface area contributed by atoms with Gasteiger partial charge in [-0.15, -0.1) is 0 Å². The molecule has 0 bridgehead atoms. The molecule has 0 aliphatic carbocycles. The molecule has 0 saturated carbocycles. The molecule has 5 rings (SSSR count). The summed E-state index contributed by atoms with van der Waals surface area (Å²) >= 11 is 6.15. The molecule has 1 heterocycles. The van der Waals surface area contributed by atoms with Gasteiger partial charge in [0, 0.05) is 21.5 Å². The van der Waals surface area contributed by atoms with Crippen LogP contribution in [0.4, 0.5) is 4.39 Å². The molecule has 1 aromatic heterocycles. The summed E-state index contributed by atoms with van der Waals surface area (Å²) in [6.45, 7) is 0. The fraction of sp³-hybridized carbons (Fsp3) is 0. The molecular formula is C24H14ClFN2O. The van der Waals surface area contributed by atoms with Crippen molar-refractivity contribution in [2.75, 3.05) is 0 Å². The van der Waals surface area contributed by atoms with Crippen LogP contribution in [0.15, 0.2) is 84.9 Å². The largest absolute Gasteiger partial charge is 0.268 e. The van der Waals surface area contributed by atoms with E-state index in [9.17, 15) is 9.18 Å². The average Bonchev–Trinajstić information content (AvgIpc) is 3.12. The van der Waals surface area contributed by atoms with Crippen molar-refractivity contribution in [3.8, 4) is 11.4 Å². The van der Waals surface area contributed by atoms with E-state index >= 15 is 0 Å². The molecule has 0 N–H and O–H groups in total. The third kappa shape index (κ3) is 2.89. The minimum atomic E-state index is -0.315. The predicted molar refractivity (Wildman–Crippen MR) is 114 cm³/mol. The first-order valence-corrected chi connectivity index (χ1v) is 9.46. The Morgan fingerprint density at radius 3 is 2.38 bits per heavy atom. The van der Waals surface area contributed by atoms with Crippen LogP contribution < -0.4 is 0 Å². The van der Waals surface area contributed by atoms with Crippen LogP contribution in [0.3, 0.4) is 0 Å².